The molecule has 1 aromatic carbocycles. The maximum atomic E-state index is 12.1. The van der Waals surface area contributed by atoms with Crippen molar-refractivity contribution in [3.05, 3.63) is 30.1 Å². The highest BCUT2D eigenvalue weighted by molar-refractivity contribution is 5.58. The van der Waals surface area contributed by atoms with Gasteiger partial charge in [0.15, 0.2) is 5.82 Å². The molecule has 2 rings (SSSR count). The molecule has 7 heteroatoms. The Morgan fingerprint density at radius 3 is 2.59 bits per heavy atom. The minimum Gasteiger partial charge on any atom is -0.406 e. The van der Waals surface area contributed by atoms with Gasteiger partial charge in [-0.15, -0.1) is 13.2 Å². The number of aryl methyl sites for hydroxylation is 1. The van der Waals surface area contributed by atoms with Crippen LogP contribution in [0.5, 0.6) is 5.75 Å². The minimum atomic E-state index is -4.70. The summed E-state index contributed by atoms with van der Waals surface area (Å²) in [5.41, 5.74) is 1.12. The summed E-state index contributed by atoms with van der Waals surface area (Å²) in [4.78, 5) is 3.86. The normalized spacial score (nSPS) is 11.5. The molecule has 1 heterocycles. The molecule has 17 heavy (non-hydrogen) atoms. The second-order valence-electron chi connectivity index (χ2n) is 3.42. The third kappa shape index (κ3) is 2.96. The van der Waals surface area contributed by atoms with Gasteiger partial charge in [-0.25, -0.2) is 4.98 Å². The van der Waals surface area contributed by atoms with Crippen molar-refractivity contribution in [2.24, 2.45) is 0 Å². The minimum absolute atomic E-state index is 0.274. The summed E-state index contributed by atoms with van der Waals surface area (Å²) in [7, 11) is 0. The first-order valence-corrected chi connectivity index (χ1v) is 4.67. The van der Waals surface area contributed by atoms with Gasteiger partial charge in [0, 0.05) is 5.56 Å². The maximum Gasteiger partial charge on any atom is 0.573 e. The van der Waals surface area contributed by atoms with E-state index in [4.69, 9.17) is 0 Å². The molecule has 0 aliphatic rings. The molecule has 0 radical (unpaired) electrons. The smallest absolute Gasteiger partial charge is 0.406 e. The second kappa shape index (κ2) is 4.08. The van der Waals surface area contributed by atoms with Gasteiger partial charge in [-0.05, 0) is 30.7 Å². The Bertz CT molecular complexity index is 508. The fourth-order valence-corrected chi connectivity index (χ4v) is 1.42. The molecule has 0 unspecified atom stereocenters. The molecule has 2 aromatic rings. The first kappa shape index (κ1) is 11.4. The summed E-state index contributed by atoms with van der Waals surface area (Å²) in [6, 6.07) is 4.23. The molecule has 90 valence electrons. The van der Waals surface area contributed by atoms with E-state index in [2.05, 4.69) is 19.9 Å². The number of halogens is 3. The van der Waals surface area contributed by atoms with Crippen LogP contribution >= 0.6 is 0 Å². The van der Waals surface area contributed by atoms with E-state index in [1.807, 2.05) is 0 Å². The van der Waals surface area contributed by atoms with Crippen LogP contribution in [0.25, 0.3) is 11.4 Å². The number of nitrogens with one attached hydrogen (secondary N) is 1. The molecule has 4 nitrogen and oxygen atoms in total. The summed E-state index contributed by atoms with van der Waals surface area (Å²) < 4.78 is 40.1. The van der Waals surface area contributed by atoms with Gasteiger partial charge in [-0.1, -0.05) is 0 Å². The van der Waals surface area contributed by atoms with E-state index in [0.717, 1.165) is 0 Å². The van der Waals surface area contributed by atoms with Crippen LogP contribution in [-0.2, 0) is 0 Å². The molecule has 0 bridgehead atoms. The summed E-state index contributed by atoms with van der Waals surface area (Å²) >= 11 is 0. The van der Waals surface area contributed by atoms with Crippen molar-refractivity contribution in [1.29, 1.82) is 0 Å². The Hall–Kier alpha value is -2.05. The van der Waals surface area contributed by atoms with Crippen molar-refractivity contribution in [3.63, 3.8) is 0 Å². The number of aromatic amines is 1. The highest BCUT2D eigenvalue weighted by Gasteiger charge is 2.31. The lowest BCUT2D eigenvalue weighted by Crippen LogP contribution is -2.17. The number of alkyl halides is 3. The number of hydrogen-bond donors (Lipinski definition) is 1. The summed E-state index contributed by atoms with van der Waals surface area (Å²) in [5, 5.41) is 6.21. The molecule has 0 spiro atoms. The van der Waals surface area contributed by atoms with Crippen LogP contribution in [-0.4, -0.2) is 21.5 Å². The summed E-state index contributed by atoms with van der Waals surface area (Å²) in [6.45, 7) is 1.67. The zero-order valence-corrected chi connectivity index (χ0v) is 8.75. The van der Waals surface area contributed by atoms with Crippen molar-refractivity contribution < 1.29 is 17.9 Å². The first-order chi connectivity index (χ1) is 7.94. The van der Waals surface area contributed by atoms with Crippen LogP contribution in [0, 0.1) is 6.92 Å². The zero-order chi connectivity index (χ0) is 12.5. The largest absolute Gasteiger partial charge is 0.573 e. The van der Waals surface area contributed by atoms with Gasteiger partial charge in [0.05, 0.1) is 0 Å². The van der Waals surface area contributed by atoms with Crippen LogP contribution < -0.4 is 4.74 Å². The number of nitrogens with zero attached hydrogens (tertiary/aromatic N) is 2. The first-order valence-electron chi connectivity index (χ1n) is 4.67. The van der Waals surface area contributed by atoms with Crippen LogP contribution in [0.4, 0.5) is 13.2 Å². The number of aromatic nitrogens is 3. The molecule has 1 N–H and O–H groups in total. The number of benzene rings is 1. The van der Waals surface area contributed by atoms with Crippen LogP contribution in [0.2, 0.25) is 0 Å². The van der Waals surface area contributed by atoms with E-state index in [1.165, 1.54) is 18.5 Å². The van der Waals surface area contributed by atoms with E-state index in [-0.39, 0.29) is 5.75 Å². The highest BCUT2D eigenvalue weighted by Crippen LogP contribution is 2.27. The van der Waals surface area contributed by atoms with E-state index >= 15 is 0 Å². The summed E-state index contributed by atoms with van der Waals surface area (Å²) in [6.07, 6.45) is -3.42. The topological polar surface area (TPSA) is 50.8 Å². The molecule has 0 saturated heterocycles. The van der Waals surface area contributed by atoms with Gasteiger partial charge in [0.25, 0.3) is 0 Å². The Morgan fingerprint density at radius 2 is 2.00 bits per heavy atom. The van der Waals surface area contributed by atoms with E-state index < -0.39 is 6.36 Å². The monoisotopic (exact) mass is 243 g/mol. The van der Waals surface area contributed by atoms with Gasteiger partial charge < -0.3 is 4.74 Å². The van der Waals surface area contributed by atoms with Crippen molar-refractivity contribution in [3.8, 4) is 17.1 Å². The fourth-order valence-electron chi connectivity index (χ4n) is 1.42. The number of rotatable bonds is 2. The maximum absolute atomic E-state index is 12.1. The summed E-state index contributed by atoms with van der Waals surface area (Å²) in [5.74, 6) is 0.115. The van der Waals surface area contributed by atoms with Crippen LogP contribution in [0.1, 0.15) is 5.56 Å². The predicted octanol–water partition coefficient (Wildman–Crippen LogP) is 2.68. The standard InChI is InChI=1S/C10H8F3N3O/c1-6-2-7(9-14-5-15-16-9)4-8(3-6)17-10(11,12)13/h2-5H,1H3,(H,14,15,16). The molecule has 0 fully saturated rings. The van der Waals surface area contributed by atoms with E-state index in [0.29, 0.717) is 17.0 Å². The van der Waals surface area contributed by atoms with Crippen molar-refractivity contribution in [2.45, 2.75) is 13.3 Å². The second-order valence-corrected chi connectivity index (χ2v) is 3.42. The molecule has 0 aliphatic carbocycles. The number of ether oxygens (including phenoxy) is 1. The van der Waals surface area contributed by atoms with Gasteiger partial charge >= 0.3 is 6.36 Å². The Balaban J connectivity index is 2.36. The van der Waals surface area contributed by atoms with Gasteiger partial charge in [0.2, 0.25) is 0 Å². The van der Waals surface area contributed by atoms with E-state index in [9.17, 15) is 13.2 Å². The fraction of sp³-hybridized carbons (Fsp3) is 0.200. The highest BCUT2D eigenvalue weighted by atomic mass is 19.4. The van der Waals surface area contributed by atoms with Crippen LogP contribution in [0.3, 0.4) is 0 Å². The third-order valence-corrected chi connectivity index (χ3v) is 1.97. The average molecular weight is 243 g/mol. The Labute approximate surface area is 94.4 Å². The SMILES string of the molecule is Cc1cc(OC(F)(F)F)cc(-c2ncn[nH]2)c1. The van der Waals surface area contributed by atoms with E-state index in [1.54, 1.807) is 13.0 Å². The average Bonchev–Trinajstić information content (AvgIpc) is 2.65. The number of hydrogen-bond acceptors (Lipinski definition) is 3. The molecular formula is C10H8F3N3O. The molecule has 0 atom stereocenters. The van der Waals surface area contributed by atoms with Crippen molar-refractivity contribution in [2.75, 3.05) is 0 Å². The third-order valence-electron chi connectivity index (χ3n) is 1.97. The molecule has 1 aromatic heterocycles. The predicted molar refractivity (Wildman–Crippen MR) is 53.2 cm³/mol. The van der Waals surface area contributed by atoms with Gasteiger partial charge in [-0.2, -0.15) is 5.10 Å². The Morgan fingerprint density at radius 1 is 1.24 bits per heavy atom. The van der Waals surface area contributed by atoms with Crippen molar-refractivity contribution in [1.82, 2.24) is 15.2 Å². The van der Waals surface area contributed by atoms with Crippen molar-refractivity contribution >= 4 is 0 Å². The Kier molecular flexibility index (Phi) is 2.74. The lowest BCUT2D eigenvalue weighted by atomic mass is 10.1. The quantitative estimate of drug-likeness (QED) is 0.882. The lowest BCUT2D eigenvalue weighted by molar-refractivity contribution is -0.274. The van der Waals surface area contributed by atoms with Crippen LogP contribution in [0.15, 0.2) is 24.5 Å². The molecule has 0 aliphatic heterocycles. The number of H-pyrrole nitrogens is 1. The van der Waals surface area contributed by atoms with Gasteiger partial charge in [-0.3, -0.25) is 5.10 Å². The molecule has 0 saturated carbocycles. The molecular weight excluding hydrogens is 235 g/mol. The lowest BCUT2D eigenvalue weighted by Gasteiger charge is -2.10. The zero-order valence-electron chi connectivity index (χ0n) is 8.75. The molecule has 0 amide bonds. The van der Waals surface area contributed by atoms with Gasteiger partial charge in [0.1, 0.15) is 12.1 Å².